The molecule has 1 aromatic carbocycles. The number of carboxylic acids is 1. The predicted octanol–water partition coefficient (Wildman–Crippen LogP) is 3.96. The molecule has 0 unspecified atom stereocenters. The average molecular weight is 270 g/mol. The zero-order valence-electron chi connectivity index (χ0n) is 8.92. The van der Waals surface area contributed by atoms with Crippen LogP contribution in [0.1, 0.15) is 12.5 Å². The highest BCUT2D eigenvalue weighted by molar-refractivity contribution is 6.34. The van der Waals surface area contributed by atoms with Gasteiger partial charge in [0.1, 0.15) is 5.15 Å². The molecule has 0 amide bonds. The number of rotatable bonds is 2. The number of H-pyrrole nitrogens is 1. The minimum absolute atomic E-state index is 0.225. The van der Waals surface area contributed by atoms with E-state index in [1.807, 2.05) is 0 Å². The van der Waals surface area contributed by atoms with Crippen LogP contribution in [0.5, 0.6) is 0 Å². The van der Waals surface area contributed by atoms with Gasteiger partial charge in [0.25, 0.3) is 0 Å². The van der Waals surface area contributed by atoms with E-state index < -0.39 is 5.97 Å². The number of hydrogen-bond donors (Lipinski definition) is 2. The van der Waals surface area contributed by atoms with E-state index in [0.29, 0.717) is 15.7 Å². The lowest BCUT2D eigenvalue weighted by molar-refractivity contribution is -0.132. The molecule has 0 saturated heterocycles. The van der Waals surface area contributed by atoms with Gasteiger partial charge in [0, 0.05) is 27.1 Å². The zero-order valence-corrected chi connectivity index (χ0v) is 10.4. The van der Waals surface area contributed by atoms with E-state index in [9.17, 15) is 4.79 Å². The highest BCUT2D eigenvalue weighted by atomic mass is 35.5. The Kier molecular flexibility index (Phi) is 3.13. The van der Waals surface area contributed by atoms with Crippen molar-refractivity contribution in [2.75, 3.05) is 0 Å². The van der Waals surface area contributed by atoms with Gasteiger partial charge in [0.05, 0.1) is 0 Å². The fourth-order valence-corrected chi connectivity index (χ4v) is 2.01. The second-order valence-corrected chi connectivity index (χ2v) is 4.49. The average Bonchev–Trinajstić information content (AvgIpc) is 2.54. The van der Waals surface area contributed by atoms with Crippen LogP contribution >= 0.6 is 23.2 Å². The quantitative estimate of drug-likeness (QED) is 0.811. The van der Waals surface area contributed by atoms with E-state index in [-0.39, 0.29) is 5.57 Å². The zero-order chi connectivity index (χ0) is 12.6. The van der Waals surface area contributed by atoms with E-state index in [1.54, 1.807) is 18.2 Å². The smallest absolute Gasteiger partial charge is 0.331 e. The van der Waals surface area contributed by atoms with E-state index in [2.05, 4.69) is 4.98 Å². The van der Waals surface area contributed by atoms with Gasteiger partial charge < -0.3 is 10.1 Å². The minimum Gasteiger partial charge on any atom is -0.478 e. The van der Waals surface area contributed by atoms with Crippen molar-refractivity contribution in [2.45, 2.75) is 6.92 Å². The first-order valence-electron chi connectivity index (χ1n) is 4.87. The third-order valence-electron chi connectivity index (χ3n) is 2.45. The monoisotopic (exact) mass is 269 g/mol. The van der Waals surface area contributed by atoms with Gasteiger partial charge in [-0.2, -0.15) is 0 Å². The highest BCUT2D eigenvalue weighted by Crippen LogP contribution is 2.30. The van der Waals surface area contributed by atoms with Crippen molar-refractivity contribution < 1.29 is 9.90 Å². The molecular weight excluding hydrogens is 261 g/mol. The minimum atomic E-state index is -0.968. The lowest BCUT2D eigenvalue weighted by Crippen LogP contribution is -1.95. The molecule has 0 radical (unpaired) electrons. The molecule has 0 bridgehead atoms. The number of aliphatic carboxylic acids is 1. The lowest BCUT2D eigenvalue weighted by atomic mass is 10.1. The molecule has 5 heteroatoms. The largest absolute Gasteiger partial charge is 0.478 e. The molecule has 1 heterocycles. The van der Waals surface area contributed by atoms with Gasteiger partial charge in [-0.1, -0.05) is 29.3 Å². The molecule has 0 aliphatic rings. The first kappa shape index (κ1) is 12.0. The maximum atomic E-state index is 10.8. The summed E-state index contributed by atoms with van der Waals surface area (Å²) in [6.07, 6.45) is 1.54. The van der Waals surface area contributed by atoms with Crippen molar-refractivity contribution in [3.05, 3.63) is 39.5 Å². The fraction of sp³-hybridized carbons (Fsp3) is 0.0833. The van der Waals surface area contributed by atoms with Crippen molar-refractivity contribution in [1.82, 2.24) is 4.98 Å². The van der Waals surface area contributed by atoms with Crippen LogP contribution in [-0.2, 0) is 4.79 Å². The van der Waals surface area contributed by atoms with Crippen molar-refractivity contribution >= 4 is 46.2 Å². The number of aromatic amines is 1. The Morgan fingerprint density at radius 3 is 2.76 bits per heavy atom. The number of aromatic nitrogens is 1. The molecule has 0 atom stereocenters. The highest BCUT2D eigenvalue weighted by Gasteiger charge is 2.10. The lowest BCUT2D eigenvalue weighted by Gasteiger charge is -1.95. The molecule has 0 spiro atoms. The van der Waals surface area contributed by atoms with Crippen LogP contribution in [0, 0.1) is 0 Å². The van der Waals surface area contributed by atoms with Crippen LogP contribution < -0.4 is 0 Å². The molecule has 2 aromatic rings. The van der Waals surface area contributed by atoms with Gasteiger partial charge >= 0.3 is 5.97 Å². The van der Waals surface area contributed by atoms with Gasteiger partial charge in [-0.25, -0.2) is 4.79 Å². The Hall–Kier alpha value is -1.45. The normalized spacial score (nSPS) is 12.1. The van der Waals surface area contributed by atoms with Crippen LogP contribution in [0.2, 0.25) is 10.2 Å². The third-order valence-corrected chi connectivity index (χ3v) is 2.98. The summed E-state index contributed by atoms with van der Waals surface area (Å²) in [5.41, 5.74) is 1.67. The summed E-state index contributed by atoms with van der Waals surface area (Å²) in [7, 11) is 0. The first-order valence-corrected chi connectivity index (χ1v) is 5.63. The number of carboxylic acid groups (broad SMARTS) is 1. The Labute approximate surface area is 108 Å². The summed E-state index contributed by atoms with van der Waals surface area (Å²) in [6, 6.07) is 5.29. The van der Waals surface area contributed by atoms with Gasteiger partial charge in [0.2, 0.25) is 0 Å². The number of carbonyl (C=O) groups is 1. The van der Waals surface area contributed by atoms with Gasteiger partial charge in [-0.15, -0.1) is 0 Å². The van der Waals surface area contributed by atoms with E-state index in [1.165, 1.54) is 13.0 Å². The van der Waals surface area contributed by atoms with Crippen molar-refractivity contribution in [3.8, 4) is 0 Å². The molecule has 3 nitrogen and oxygen atoms in total. The van der Waals surface area contributed by atoms with E-state index >= 15 is 0 Å². The number of halogens is 2. The molecule has 0 aliphatic carbocycles. The van der Waals surface area contributed by atoms with Gasteiger partial charge in [0.15, 0.2) is 0 Å². The van der Waals surface area contributed by atoms with E-state index in [0.717, 1.165) is 10.9 Å². The number of fused-ring (bicyclic) bond motifs is 1. The topological polar surface area (TPSA) is 53.1 Å². The summed E-state index contributed by atoms with van der Waals surface area (Å²) in [5.74, 6) is -0.968. The fourth-order valence-electron chi connectivity index (χ4n) is 1.58. The van der Waals surface area contributed by atoms with Crippen LogP contribution in [-0.4, -0.2) is 16.1 Å². The summed E-state index contributed by atoms with van der Waals surface area (Å²) >= 11 is 11.9. The predicted molar refractivity (Wildman–Crippen MR) is 69.6 cm³/mol. The standard InChI is InChI=1S/C12H9Cl2NO2/c1-6(12(16)17)4-9-8-3-2-7(13)5-10(8)15-11(9)14/h2-5,15H,1H3,(H,16,17)/b6-4+. The van der Waals surface area contributed by atoms with Crippen molar-refractivity contribution in [1.29, 1.82) is 0 Å². The Morgan fingerprint density at radius 2 is 2.12 bits per heavy atom. The first-order chi connectivity index (χ1) is 7.99. The summed E-state index contributed by atoms with van der Waals surface area (Å²) < 4.78 is 0. The van der Waals surface area contributed by atoms with Crippen molar-refractivity contribution in [3.63, 3.8) is 0 Å². The van der Waals surface area contributed by atoms with Crippen LogP contribution in [0.4, 0.5) is 0 Å². The molecular formula is C12H9Cl2NO2. The van der Waals surface area contributed by atoms with Crippen molar-refractivity contribution in [2.24, 2.45) is 0 Å². The summed E-state index contributed by atoms with van der Waals surface area (Å²) in [4.78, 5) is 13.7. The van der Waals surface area contributed by atoms with E-state index in [4.69, 9.17) is 28.3 Å². The number of nitrogens with one attached hydrogen (secondary N) is 1. The molecule has 2 N–H and O–H groups in total. The summed E-state index contributed by atoms with van der Waals surface area (Å²) in [6.45, 7) is 1.52. The maximum absolute atomic E-state index is 10.8. The molecule has 17 heavy (non-hydrogen) atoms. The molecule has 0 fully saturated rings. The van der Waals surface area contributed by atoms with Gasteiger partial charge in [-0.05, 0) is 25.1 Å². The third kappa shape index (κ3) is 2.30. The SMILES string of the molecule is C/C(=C\c1c(Cl)[nH]c2cc(Cl)ccc12)C(=O)O. The summed E-state index contributed by atoms with van der Waals surface area (Å²) in [5, 5.41) is 10.7. The molecule has 0 saturated carbocycles. The second-order valence-electron chi connectivity index (χ2n) is 3.68. The Morgan fingerprint density at radius 1 is 1.41 bits per heavy atom. The molecule has 2 rings (SSSR count). The second kappa shape index (κ2) is 4.43. The van der Waals surface area contributed by atoms with Crippen LogP contribution in [0.25, 0.3) is 17.0 Å². The Bertz CT molecular complexity index is 629. The molecule has 0 aliphatic heterocycles. The van der Waals surface area contributed by atoms with Gasteiger partial charge in [-0.3, -0.25) is 0 Å². The number of hydrogen-bond acceptors (Lipinski definition) is 1. The van der Waals surface area contributed by atoms with Crippen LogP contribution in [0.3, 0.4) is 0 Å². The molecule has 1 aromatic heterocycles. The Balaban J connectivity index is 2.65. The number of benzene rings is 1. The maximum Gasteiger partial charge on any atom is 0.331 e. The molecule has 88 valence electrons. The van der Waals surface area contributed by atoms with Crippen LogP contribution in [0.15, 0.2) is 23.8 Å².